The Morgan fingerprint density at radius 3 is 2.37 bits per heavy atom. The minimum atomic E-state index is -1.68. The van der Waals surface area contributed by atoms with Crippen LogP contribution in [0.2, 0.25) is 18.1 Å². The van der Waals surface area contributed by atoms with Crippen LogP contribution in [0.4, 0.5) is 0 Å². The van der Waals surface area contributed by atoms with Gasteiger partial charge in [0.05, 0.1) is 0 Å². The first-order valence-electron chi connectivity index (χ1n) is 15.2. The molecule has 0 aromatic heterocycles. The van der Waals surface area contributed by atoms with Crippen LogP contribution >= 0.6 is 0 Å². The molecular weight excluding hydrogens is 440 g/mol. The topological polar surface area (TPSA) is 9.23 Å². The molecule has 0 radical (unpaired) electrons. The van der Waals surface area contributed by atoms with E-state index >= 15 is 0 Å². The van der Waals surface area contributed by atoms with Crippen molar-refractivity contribution in [2.75, 3.05) is 6.61 Å². The summed E-state index contributed by atoms with van der Waals surface area (Å²) in [6.07, 6.45) is 18.5. The Kier molecular flexibility index (Phi) is 9.01. The van der Waals surface area contributed by atoms with Crippen molar-refractivity contribution >= 4 is 8.32 Å². The molecule has 35 heavy (non-hydrogen) atoms. The van der Waals surface area contributed by atoms with Gasteiger partial charge in [-0.3, -0.25) is 0 Å². The predicted molar refractivity (Wildman–Crippen MR) is 157 cm³/mol. The van der Waals surface area contributed by atoms with E-state index in [0.717, 1.165) is 48.5 Å². The Balaban J connectivity index is 1.73. The fraction of sp³-hybridized carbons (Fsp3) is 0.879. The third-order valence-corrected chi connectivity index (χ3v) is 16.3. The van der Waals surface area contributed by atoms with Crippen molar-refractivity contribution in [1.29, 1.82) is 0 Å². The Labute approximate surface area is 221 Å². The maximum Gasteiger partial charge on any atom is 0.191 e. The monoisotopic (exact) mass is 500 g/mol. The standard InChI is InChI=1S/C33H60OSi/c1-12-32(8)26(21-23-34-35(10,11)31(5,6)7)16-17-27-29-19-18-28(25(4)15-13-14-24(2)3)33(29,9)22-20-30(27)32/h13,15-16,24-25,27-30H,12,14,17-23H2,1-11H3/b15-13-/t25-,27+,28-,29+,30+,32+,33-/m1/s1. The molecule has 0 aromatic carbocycles. The molecule has 0 saturated heterocycles. The first-order valence-corrected chi connectivity index (χ1v) is 18.1. The van der Waals surface area contributed by atoms with Gasteiger partial charge in [0.2, 0.25) is 0 Å². The van der Waals surface area contributed by atoms with Gasteiger partial charge in [-0.2, -0.15) is 0 Å². The number of hydrogen-bond acceptors (Lipinski definition) is 1. The summed E-state index contributed by atoms with van der Waals surface area (Å²) in [5.74, 6) is 5.03. The normalized spacial score (nSPS) is 36.9. The van der Waals surface area contributed by atoms with Crippen molar-refractivity contribution in [3.63, 3.8) is 0 Å². The number of allylic oxidation sites excluding steroid dienone is 3. The van der Waals surface area contributed by atoms with Crippen molar-refractivity contribution < 1.29 is 4.43 Å². The molecule has 3 aliphatic rings. The fourth-order valence-electron chi connectivity index (χ4n) is 8.27. The molecule has 2 heteroatoms. The van der Waals surface area contributed by atoms with Gasteiger partial charge in [0.25, 0.3) is 0 Å². The van der Waals surface area contributed by atoms with Crippen molar-refractivity contribution in [2.24, 2.45) is 46.3 Å². The molecule has 0 unspecified atom stereocenters. The van der Waals surface area contributed by atoms with Crippen LogP contribution in [0.15, 0.2) is 23.8 Å². The van der Waals surface area contributed by atoms with E-state index < -0.39 is 8.32 Å². The molecule has 2 fully saturated rings. The maximum atomic E-state index is 6.63. The van der Waals surface area contributed by atoms with E-state index in [-0.39, 0.29) is 0 Å². The van der Waals surface area contributed by atoms with Gasteiger partial charge < -0.3 is 4.43 Å². The van der Waals surface area contributed by atoms with Gasteiger partial charge in [-0.1, -0.05) is 86.1 Å². The zero-order valence-corrected chi connectivity index (χ0v) is 26.5. The van der Waals surface area contributed by atoms with E-state index in [9.17, 15) is 0 Å². The van der Waals surface area contributed by atoms with Gasteiger partial charge in [-0.25, -0.2) is 0 Å². The second kappa shape index (κ2) is 10.8. The zero-order valence-electron chi connectivity index (χ0n) is 25.5. The average molecular weight is 501 g/mol. The van der Waals surface area contributed by atoms with E-state index in [2.05, 4.69) is 93.6 Å². The summed E-state index contributed by atoms with van der Waals surface area (Å²) in [5.41, 5.74) is 2.62. The highest BCUT2D eigenvalue weighted by molar-refractivity contribution is 6.74. The van der Waals surface area contributed by atoms with Crippen molar-refractivity contribution in [3.8, 4) is 0 Å². The lowest BCUT2D eigenvalue weighted by atomic mass is 9.48. The largest absolute Gasteiger partial charge is 0.417 e. The Morgan fingerprint density at radius 1 is 1.09 bits per heavy atom. The van der Waals surface area contributed by atoms with E-state index in [4.69, 9.17) is 4.43 Å². The number of fused-ring (bicyclic) bond motifs is 3. The lowest BCUT2D eigenvalue weighted by Gasteiger charge is -2.57. The highest BCUT2D eigenvalue weighted by Crippen LogP contribution is 2.66. The Hall–Kier alpha value is -0.343. The minimum absolute atomic E-state index is 0.293. The van der Waals surface area contributed by atoms with Crippen LogP contribution in [-0.4, -0.2) is 14.9 Å². The molecule has 2 saturated carbocycles. The Bertz CT molecular complexity index is 770. The molecule has 202 valence electrons. The molecule has 3 aliphatic carbocycles. The molecule has 0 spiro atoms. The summed E-state index contributed by atoms with van der Waals surface area (Å²) in [5, 5.41) is 0.293. The van der Waals surface area contributed by atoms with Crippen LogP contribution in [0.1, 0.15) is 114 Å². The molecule has 7 atom stereocenters. The summed E-state index contributed by atoms with van der Waals surface area (Å²) >= 11 is 0. The minimum Gasteiger partial charge on any atom is -0.417 e. The molecule has 1 nitrogen and oxygen atoms in total. The SMILES string of the molecule is CC[C@@]1(C)C(CCO[Si](C)(C)C(C)(C)C)=CC[C@H]2[C@@H]3CC[C@H]([C@H](C)/C=C\CC(C)C)[C@@]3(C)CC[C@@H]21. The van der Waals surface area contributed by atoms with Gasteiger partial charge in [-0.15, -0.1) is 0 Å². The summed E-state index contributed by atoms with van der Waals surface area (Å²) in [4.78, 5) is 0. The highest BCUT2D eigenvalue weighted by atomic mass is 28.4. The van der Waals surface area contributed by atoms with Crippen LogP contribution in [-0.2, 0) is 4.43 Å². The fourth-order valence-corrected chi connectivity index (χ4v) is 9.32. The molecule has 0 bridgehead atoms. The third-order valence-electron chi connectivity index (χ3n) is 11.8. The maximum absolute atomic E-state index is 6.63. The lowest BCUT2D eigenvalue weighted by Crippen LogP contribution is -2.49. The van der Waals surface area contributed by atoms with Crippen LogP contribution in [0, 0.1) is 46.3 Å². The smallest absolute Gasteiger partial charge is 0.191 e. The van der Waals surface area contributed by atoms with Crippen LogP contribution in [0.25, 0.3) is 0 Å². The quantitative estimate of drug-likeness (QED) is 0.226. The molecule has 3 rings (SSSR count). The lowest BCUT2D eigenvalue weighted by molar-refractivity contribution is -0.0418. The third kappa shape index (κ3) is 5.74. The van der Waals surface area contributed by atoms with Crippen molar-refractivity contribution in [1.82, 2.24) is 0 Å². The van der Waals surface area contributed by atoms with Gasteiger partial charge in [0, 0.05) is 6.61 Å². The van der Waals surface area contributed by atoms with Crippen LogP contribution < -0.4 is 0 Å². The number of hydrogen-bond donors (Lipinski definition) is 0. The molecule has 0 aliphatic heterocycles. The molecule has 0 heterocycles. The van der Waals surface area contributed by atoms with Crippen LogP contribution in [0.5, 0.6) is 0 Å². The summed E-state index contributed by atoms with van der Waals surface area (Å²) < 4.78 is 6.63. The van der Waals surface area contributed by atoms with E-state index in [1.165, 1.54) is 44.9 Å². The second-order valence-electron chi connectivity index (χ2n) is 15.1. The molecule has 0 aromatic rings. The number of rotatable bonds is 9. The summed E-state index contributed by atoms with van der Waals surface area (Å²) in [7, 11) is -1.68. The molecule has 0 amide bonds. The average Bonchev–Trinajstić information content (AvgIpc) is 3.11. The Morgan fingerprint density at radius 2 is 1.77 bits per heavy atom. The van der Waals surface area contributed by atoms with Gasteiger partial charge in [0.1, 0.15) is 0 Å². The van der Waals surface area contributed by atoms with Gasteiger partial charge in [0.15, 0.2) is 8.32 Å². The van der Waals surface area contributed by atoms with E-state index in [1.54, 1.807) is 5.57 Å². The zero-order chi connectivity index (χ0) is 26.2. The second-order valence-corrected chi connectivity index (χ2v) is 19.9. The first-order chi connectivity index (χ1) is 16.2. The van der Waals surface area contributed by atoms with Crippen molar-refractivity contribution in [2.45, 2.75) is 132 Å². The van der Waals surface area contributed by atoms with Crippen molar-refractivity contribution in [3.05, 3.63) is 23.8 Å². The molecular formula is C33H60OSi. The first kappa shape index (κ1) is 29.2. The predicted octanol–water partition coefficient (Wildman–Crippen LogP) is 10.4. The van der Waals surface area contributed by atoms with Crippen LogP contribution in [0.3, 0.4) is 0 Å². The van der Waals surface area contributed by atoms with E-state index in [0.29, 0.717) is 15.9 Å². The molecule has 0 N–H and O–H groups in total. The van der Waals surface area contributed by atoms with Gasteiger partial charge in [-0.05, 0) is 116 Å². The highest BCUT2D eigenvalue weighted by Gasteiger charge is 2.58. The summed E-state index contributed by atoms with van der Waals surface area (Å²) in [6.45, 7) is 27.7. The summed E-state index contributed by atoms with van der Waals surface area (Å²) in [6, 6.07) is 0. The van der Waals surface area contributed by atoms with Gasteiger partial charge >= 0.3 is 0 Å². The van der Waals surface area contributed by atoms with E-state index in [1.807, 2.05) is 0 Å².